The van der Waals surface area contributed by atoms with Crippen LogP contribution >= 0.6 is 0 Å². The highest BCUT2D eigenvalue weighted by atomic mass is 16.1. The van der Waals surface area contributed by atoms with E-state index in [2.05, 4.69) is 15.5 Å². The smallest absolute Gasteiger partial charge is 0.309 e. The van der Waals surface area contributed by atoms with Gasteiger partial charge >= 0.3 is 6.41 Å². The first-order valence-corrected chi connectivity index (χ1v) is 3.24. The lowest BCUT2D eigenvalue weighted by atomic mass is 10.2. The zero-order chi connectivity index (χ0) is 8.10. The number of rotatable bonds is 3. The number of hydrogen-bond donors (Lipinski definition) is 1. The highest BCUT2D eigenvalue weighted by molar-refractivity contribution is 5.48. The highest BCUT2D eigenvalue weighted by Crippen LogP contribution is 2.06. The second-order valence-corrected chi connectivity index (χ2v) is 2.14. The molecule has 11 heavy (non-hydrogen) atoms. The van der Waals surface area contributed by atoms with Crippen LogP contribution in [0.5, 0.6) is 0 Å². The van der Waals surface area contributed by atoms with E-state index >= 15 is 0 Å². The summed E-state index contributed by atoms with van der Waals surface area (Å²) in [5.74, 6) is 0. The average Bonchev–Trinajstić information content (AvgIpc) is 2.07. The maximum absolute atomic E-state index is 9.92. The van der Waals surface area contributed by atoms with Crippen LogP contribution < -0.4 is 5.32 Å². The van der Waals surface area contributed by atoms with Crippen LogP contribution in [-0.4, -0.2) is 16.6 Å². The molecule has 0 aliphatic carbocycles. The fraction of sp³-hybridized carbons (Fsp3) is 0.286. The fourth-order valence-corrected chi connectivity index (χ4v) is 0.729. The number of hydrogen-bond acceptors (Lipinski definition) is 3. The van der Waals surface area contributed by atoms with E-state index in [9.17, 15) is 4.79 Å². The van der Waals surface area contributed by atoms with E-state index in [-0.39, 0.29) is 6.04 Å². The lowest BCUT2D eigenvalue weighted by Crippen LogP contribution is -2.16. The number of aromatic nitrogens is 2. The van der Waals surface area contributed by atoms with Gasteiger partial charge in [-0.15, -0.1) is 0 Å². The van der Waals surface area contributed by atoms with E-state index in [1.165, 1.54) is 0 Å². The standard InChI is InChI=1S/C7H8N3O/c1-6(8-5-11)7-2-3-9-10-4-7/h2-4,6H,1H3,(H,8,11). The molecule has 1 unspecified atom stereocenters. The molecule has 0 aliphatic heterocycles. The molecule has 57 valence electrons. The van der Waals surface area contributed by atoms with Gasteiger partial charge in [0.2, 0.25) is 0 Å². The van der Waals surface area contributed by atoms with Gasteiger partial charge in [-0.2, -0.15) is 10.2 Å². The van der Waals surface area contributed by atoms with E-state index in [1.54, 1.807) is 24.9 Å². The van der Waals surface area contributed by atoms with Gasteiger partial charge in [0.1, 0.15) is 0 Å². The Bertz CT molecular complexity index is 224. The second kappa shape index (κ2) is 3.65. The van der Waals surface area contributed by atoms with Crippen molar-refractivity contribution < 1.29 is 4.79 Å². The average molecular weight is 150 g/mol. The molecule has 0 aromatic carbocycles. The van der Waals surface area contributed by atoms with Crippen molar-refractivity contribution in [3.05, 3.63) is 24.0 Å². The van der Waals surface area contributed by atoms with Crippen LogP contribution in [-0.2, 0) is 4.79 Å². The third-order valence-corrected chi connectivity index (χ3v) is 1.38. The Labute approximate surface area is 64.6 Å². The van der Waals surface area contributed by atoms with Crippen molar-refractivity contribution in [2.24, 2.45) is 0 Å². The van der Waals surface area contributed by atoms with Gasteiger partial charge in [0.25, 0.3) is 0 Å². The summed E-state index contributed by atoms with van der Waals surface area (Å²) < 4.78 is 0. The molecule has 0 fully saturated rings. The number of nitrogens with one attached hydrogen (secondary N) is 1. The minimum absolute atomic E-state index is 0.0528. The fourth-order valence-electron chi connectivity index (χ4n) is 0.729. The van der Waals surface area contributed by atoms with E-state index in [1.807, 2.05) is 6.92 Å². The van der Waals surface area contributed by atoms with Gasteiger partial charge in [0, 0.05) is 6.20 Å². The molecule has 1 aromatic heterocycles. The minimum Gasteiger partial charge on any atom is -0.341 e. The zero-order valence-electron chi connectivity index (χ0n) is 6.11. The van der Waals surface area contributed by atoms with E-state index in [0.717, 1.165) is 5.56 Å². The van der Waals surface area contributed by atoms with Crippen molar-refractivity contribution in [2.75, 3.05) is 0 Å². The molecule has 4 nitrogen and oxygen atoms in total. The van der Waals surface area contributed by atoms with Gasteiger partial charge in [-0.05, 0) is 18.6 Å². The van der Waals surface area contributed by atoms with Crippen LogP contribution in [0.25, 0.3) is 0 Å². The van der Waals surface area contributed by atoms with Gasteiger partial charge in [-0.1, -0.05) is 0 Å². The van der Waals surface area contributed by atoms with Gasteiger partial charge in [-0.3, -0.25) is 4.79 Å². The van der Waals surface area contributed by atoms with Crippen LogP contribution in [0.2, 0.25) is 0 Å². The Balaban J connectivity index is 2.68. The topological polar surface area (TPSA) is 54.9 Å². The summed E-state index contributed by atoms with van der Waals surface area (Å²) in [6, 6.07) is 1.74. The molecular weight excluding hydrogens is 142 g/mol. The SMILES string of the molecule is CC(N[C]=O)c1ccnnc1. The summed E-state index contributed by atoms with van der Waals surface area (Å²) in [6.07, 6.45) is 4.81. The molecule has 0 saturated carbocycles. The lowest BCUT2D eigenvalue weighted by Gasteiger charge is -2.07. The summed E-state index contributed by atoms with van der Waals surface area (Å²) in [4.78, 5) is 9.92. The minimum atomic E-state index is -0.0528. The van der Waals surface area contributed by atoms with Crippen molar-refractivity contribution in [1.82, 2.24) is 15.5 Å². The van der Waals surface area contributed by atoms with Crippen molar-refractivity contribution in [3.8, 4) is 0 Å². The predicted octanol–water partition coefficient (Wildman–Crippen LogP) is 0.194. The Hall–Kier alpha value is -1.45. The quantitative estimate of drug-likeness (QED) is 0.626. The molecule has 4 heteroatoms. The Morgan fingerprint density at radius 1 is 1.64 bits per heavy atom. The molecule has 1 N–H and O–H groups in total. The zero-order valence-corrected chi connectivity index (χ0v) is 6.11. The molecule has 1 amide bonds. The molecule has 1 rings (SSSR count). The maximum Gasteiger partial charge on any atom is 0.309 e. The van der Waals surface area contributed by atoms with Crippen molar-refractivity contribution >= 4 is 6.41 Å². The van der Waals surface area contributed by atoms with Crippen LogP contribution in [0.3, 0.4) is 0 Å². The summed E-state index contributed by atoms with van der Waals surface area (Å²) >= 11 is 0. The Morgan fingerprint density at radius 2 is 2.45 bits per heavy atom. The molecular formula is C7H8N3O. The Morgan fingerprint density at radius 3 is 3.00 bits per heavy atom. The molecule has 0 spiro atoms. The summed E-state index contributed by atoms with van der Waals surface area (Å²) in [5.41, 5.74) is 0.920. The molecule has 0 aliphatic rings. The largest absolute Gasteiger partial charge is 0.341 e. The third kappa shape index (κ3) is 2.00. The van der Waals surface area contributed by atoms with E-state index < -0.39 is 0 Å². The van der Waals surface area contributed by atoms with E-state index in [0.29, 0.717) is 0 Å². The van der Waals surface area contributed by atoms with Crippen LogP contribution in [0.4, 0.5) is 0 Å². The van der Waals surface area contributed by atoms with Crippen molar-refractivity contribution in [3.63, 3.8) is 0 Å². The van der Waals surface area contributed by atoms with Gasteiger partial charge in [0.05, 0.1) is 12.2 Å². The lowest BCUT2D eigenvalue weighted by molar-refractivity contribution is 0.529. The number of carbonyl (C=O) groups excluding carboxylic acids is 1. The third-order valence-electron chi connectivity index (χ3n) is 1.38. The maximum atomic E-state index is 9.92. The molecule has 0 bridgehead atoms. The predicted molar refractivity (Wildman–Crippen MR) is 39.3 cm³/mol. The summed E-state index contributed by atoms with van der Waals surface area (Å²) in [5, 5.41) is 9.77. The number of nitrogens with zero attached hydrogens (tertiary/aromatic N) is 2. The van der Waals surface area contributed by atoms with Crippen molar-refractivity contribution in [1.29, 1.82) is 0 Å². The summed E-state index contributed by atoms with van der Waals surface area (Å²) in [7, 11) is 0. The normalized spacial score (nSPS) is 12.1. The highest BCUT2D eigenvalue weighted by Gasteiger charge is 2.02. The van der Waals surface area contributed by atoms with Crippen molar-refractivity contribution in [2.45, 2.75) is 13.0 Å². The van der Waals surface area contributed by atoms with Gasteiger partial charge < -0.3 is 5.32 Å². The molecule has 0 saturated heterocycles. The molecule has 1 aromatic rings. The summed E-state index contributed by atoms with van der Waals surface area (Å²) in [6.45, 7) is 1.85. The van der Waals surface area contributed by atoms with Crippen LogP contribution in [0.1, 0.15) is 18.5 Å². The first-order valence-electron chi connectivity index (χ1n) is 3.24. The Kier molecular flexibility index (Phi) is 2.54. The van der Waals surface area contributed by atoms with Gasteiger partial charge in [-0.25, -0.2) is 0 Å². The second-order valence-electron chi connectivity index (χ2n) is 2.14. The molecule has 1 heterocycles. The van der Waals surface area contributed by atoms with E-state index in [4.69, 9.17) is 0 Å². The monoisotopic (exact) mass is 150 g/mol. The molecule has 1 radical (unpaired) electrons. The first kappa shape index (κ1) is 7.65. The first-order chi connectivity index (χ1) is 5.34. The van der Waals surface area contributed by atoms with Gasteiger partial charge in [0.15, 0.2) is 0 Å². The van der Waals surface area contributed by atoms with Crippen LogP contribution in [0, 0.1) is 0 Å². The van der Waals surface area contributed by atoms with Crippen LogP contribution in [0.15, 0.2) is 18.5 Å². The molecule has 1 atom stereocenters. The number of amides is 1.